The Morgan fingerprint density at radius 1 is 1.28 bits per heavy atom. The van der Waals surface area contributed by atoms with E-state index in [4.69, 9.17) is 10.5 Å². The van der Waals surface area contributed by atoms with Gasteiger partial charge in [0.1, 0.15) is 24.6 Å². The molecule has 1 aliphatic rings. The van der Waals surface area contributed by atoms with Gasteiger partial charge < -0.3 is 30.8 Å². The molecular weight excluding hydrogens is 416 g/mol. The first-order valence-corrected chi connectivity index (χ1v) is 9.97. The topological polar surface area (TPSA) is 180 Å². The normalized spacial score (nSPS) is 23.9. The molecule has 1 fully saturated rings. The fraction of sp³-hybridized carbons (Fsp3) is 0.300. The number of para-hydroxylation sites is 1. The standard InChI is InChI=1S/C20H22N8O4/c1-9(11-6-22-12-5-3-2-4-10(11)12)26-27-20-25-14-17(21)23-8-24-18(14)28(20)19-16(31)15(30)13(7-29)32-19/h2-6,8,13,15-16,19,22,29-31H,7H2,1H3,(H,25,27)(H2,21,23,24)/b26-9+. The zero-order chi connectivity index (χ0) is 22.4. The second kappa shape index (κ2) is 7.84. The number of nitrogens with zero attached hydrogens (tertiary/aromatic N) is 5. The van der Waals surface area contributed by atoms with Crippen molar-refractivity contribution < 1.29 is 20.1 Å². The van der Waals surface area contributed by atoms with E-state index in [-0.39, 0.29) is 22.9 Å². The lowest BCUT2D eigenvalue weighted by Crippen LogP contribution is -2.33. The molecule has 0 spiro atoms. The van der Waals surface area contributed by atoms with Gasteiger partial charge in [-0.3, -0.25) is 4.57 Å². The Morgan fingerprint density at radius 2 is 2.09 bits per heavy atom. The molecule has 12 nitrogen and oxygen atoms in total. The number of anilines is 2. The van der Waals surface area contributed by atoms with E-state index in [1.165, 1.54) is 10.9 Å². The zero-order valence-corrected chi connectivity index (χ0v) is 17.0. The summed E-state index contributed by atoms with van der Waals surface area (Å²) in [5, 5.41) is 35.7. The Hall–Kier alpha value is -3.58. The molecule has 0 amide bonds. The molecule has 12 heteroatoms. The van der Waals surface area contributed by atoms with Gasteiger partial charge in [0, 0.05) is 22.7 Å². The molecule has 1 saturated heterocycles. The van der Waals surface area contributed by atoms with Gasteiger partial charge in [0.05, 0.1) is 12.3 Å². The number of ether oxygens (including phenoxy) is 1. The highest BCUT2D eigenvalue weighted by Gasteiger charge is 2.45. The summed E-state index contributed by atoms with van der Waals surface area (Å²) in [7, 11) is 0. The van der Waals surface area contributed by atoms with Crippen molar-refractivity contribution >= 4 is 39.5 Å². The number of H-pyrrole nitrogens is 1. The number of hydrogen-bond donors (Lipinski definition) is 6. The van der Waals surface area contributed by atoms with Crippen molar-refractivity contribution in [2.24, 2.45) is 5.10 Å². The van der Waals surface area contributed by atoms with Gasteiger partial charge in [-0.15, -0.1) is 0 Å². The van der Waals surface area contributed by atoms with Crippen LogP contribution in [0.3, 0.4) is 0 Å². The van der Waals surface area contributed by atoms with Crippen LogP contribution in [0.2, 0.25) is 0 Å². The number of nitrogen functional groups attached to an aromatic ring is 1. The van der Waals surface area contributed by atoms with Gasteiger partial charge >= 0.3 is 0 Å². The van der Waals surface area contributed by atoms with E-state index in [0.717, 1.165) is 16.5 Å². The van der Waals surface area contributed by atoms with E-state index >= 15 is 0 Å². The number of aromatic amines is 1. The molecular formula is C20H22N8O4. The van der Waals surface area contributed by atoms with Crippen LogP contribution in [-0.4, -0.2) is 70.5 Å². The Morgan fingerprint density at radius 3 is 2.88 bits per heavy atom. The van der Waals surface area contributed by atoms with E-state index in [1.807, 2.05) is 37.4 Å². The highest BCUT2D eigenvalue weighted by molar-refractivity contribution is 6.09. The van der Waals surface area contributed by atoms with E-state index in [9.17, 15) is 15.3 Å². The van der Waals surface area contributed by atoms with Crippen molar-refractivity contribution in [1.29, 1.82) is 0 Å². The fourth-order valence-corrected chi connectivity index (χ4v) is 3.90. The van der Waals surface area contributed by atoms with Crippen LogP contribution in [0.1, 0.15) is 18.7 Å². The number of rotatable bonds is 5. The van der Waals surface area contributed by atoms with Crippen molar-refractivity contribution in [2.45, 2.75) is 31.5 Å². The van der Waals surface area contributed by atoms with Crippen molar-refractivity contribution in [3.05, 3.63) is 42.4 Å². The molecule has 0 aliphatic carbocycles. The Bertz CT molecular complexity index is 1320. The van der Waals surface area contributed by atoms with Gasteiger partial charge in [-0.25, -0.2) is 20.4 Å². The number of aromatic nitrogens is 5. The van der Waals surface area contributed by atoms with Crippen molar-refractivity contribution in [3.63, 3.8) is 0 Å². The smallest absolute Gasteiger partial charge is 0.228 e. The maximum absolute atomic E-state index is 10.6. The molecule has 4 heterocycles. The van der Waals surface area contributed by atoms with E-state index in [1.54, 1.807) is 0 Å². The summed E-state index contributed by atoms with van der Waals surface area (Å²) in [5.41, 5.74) is 12.0. The average molecular weight is 438 g/mol. The summed E-state index contributed by atoms with van der Waals surface area (Å²) in [4.78, 5) is 15.8. The predicted molar refractivity (Wildman–Crippen MR) is 117 cm³/mol. The maximum Gasteiger partial charge on any atom is 0.228 e. The second-order valence-corrected chi connectivity index (χ2v) is 7.52. The second-order valence-electron chi connectivity index (χ2n) is 7.52. The molecule has 4 aromatic rings. The molecule has 1 aliphatic heterocycles. The van der Waals surface area contributed by atoms with Crippen LogP contribution in [0.5, 0.6) is 0 Å². The lowest BCUT2D eigenvalue weighted by atomic mass is 10.1. The molecule has 32 heavy (non-hydrogen) atoms. The van der Waals surface area contributed by atoms with Crippen LogP contribution in [0, 0.1) is 0 Å². The van der Waals surface area contributed by atoms with Crippen LogP contribution < -0.4 is 11.2 Å². The van der Waals surface area contributed by atoms with Crippen molar-refractivity contribution in [1.82, 2.24) is 24.5 Å². The average Bonchev–Trinajstić information content (AvgIpc) is 3.47. The van der Waals surface area contributed by atoms with Gasteiger partial charge in [-0.2, -0.15) is 5.10 Å². The van der Waals surface area contributed by atoms with Crippen molar-refractivity contribution in [3.8, 4) is 0 Å². The highest BCUT2D eigenvalue weighted by Crippen LogP contribution is 2.35. The number of nitrogens with two attached hydrogens (primary N) is 1. The largest absolute Gasteiger partial charge is 0.394 e. The highest BCUT2D eigenvalue weighted by atomic mass is 16.6. The molecule has 7 N–H and O–H groups in total. The Balaban J connectivity index is 1.56. The number of aliphatic hydroxyl groups excluding tert-OH is 3. The summed E-state index contributed by atoms with van der Waals surface area (Å²) < 4.78 is 7.13. The third kappa shape index (κ3) is 3.17. The molecule has 3 aromatic heterocycles. The minimum atomic E-state index is -1.33. The first-order valence-electron chi connectivity index (χ1n) is 9.97. The first kappa shape index (κ1) is 20.3. The lowest BCUT2D eigenvalue weighted by molar-refractivity contribution is -0.0501. The van der Waals surface area contributed by atoms with Gasteiger partial charge in [0.15, 0.2) is 23.2 Å². The first-order chi connectivity index (χ1) is 15.5. The number of hydrazone groups is 1. The van der Waals surface area contributed by atoms with E-state index in [2.05, 4.69) is 30.5 Å². The number of aliphatic hydroxyl groups is 3. The molecule has 0 saturated carbocycles. The number of imidazole rings is 1. The van der Waals surface area contributed by atoms with Gasteiger partial charge in [-0.05, 0) is 13.0 Å². The summed E-state index contributed by atoms with van der Waals surface area (Å²) in [5.74, 6) is 0.321. The van der Waals surface area contributed by atoms with Gasteiger partial charge in [-0.1, -0.05) is 18.2 Å². The quantitative estimate of drug-likeness (QED) is 0.189. The molecule has 0 radical (unpaired) electrons. The molecule has 4 unspecified atom stereocenters. The summed E-state index contributed by atoms with van der Waals surface area (Å²) in [6.45, 7) is 1.38. The van der Waals surface area contributed by atoms with E-state index in [0.29, 0.717) is 5.71 Å². The van der Waals surface area contributed by atoms with Gasteiger partial charge in [0.25, 0.3) is 0 Å². The summed E-state index contributed by atoms with van der Waals surface area (Å²) in [6, 6.07) is 7.86. The molecule has 166 valence electrons. The van der Waals surface area contributed by atoms with Crippen LogP contribution in [-0.2, 0) is 4.74 Å². The minimum absolute atomic E-state index is 0.140. The van der Waals surface area contributed by atoms with E-state index < -0.39 is 31.1 Å². The number of fused-ring (bicyclic) bond motifs is 2. The fourth-order valence-electron chi connectivity index (χ4n) is 3.90. The number of benzene rings is 1. The van der Waals surface area contributed by atoms with Crippen LogP contribution in [0.4, 0.5) is 11.8 Å². The summed E-state index contributed by atoms with van der Waals surface area (Å²) >= 11 is 0. The number of hydrogen-bond acceptors (Lipinski definition) is 10. The van der Waals surface area contributed by atoms with Crippen LogP contribution in [0.25, 0.3) is 22.1 Å². The van der Waals surface area contributed by atoms with Gasteiger partial charge in [0.2, 0.25) is 5.95 Å². The molecule has 4 atom stereocenters. The monoisotopic (exact) mass is 438 g/mol. The van der Waals surface area contributed by atoms with Crippen LogP contribution in [0.15, 0.2) is 41.9 Å². The summed E-state index contributed by atoms with van der Waals surface area (Å²) in [6.07, 6.45) is -1.53. The third-order valence-corrected chi connectivity index (χ3v) is 5.58. The SMILES string of the molecule is C/C(=N\Nc1nc2c(N)ncnc2n1C1OC(CO)C(O)C1O)c1c[nH]c2ccccc12. The molecule has 1 aromatic carbocycles. The molecule has 5 rings (SSSR count). The number of nitrogens with one attached hydrogen (secondary N) is 2. The lowest BCUT2D eigenvalue weighted by Gasteiger charge is -2.18. The maximum atomic E-state index is 10.6. The minimum Gasteiger partial charge on any atom is -0.394 e. The predicted octanol–water partition coefficient (Wildman–Crippen LogP) is 0.337. The van der Waals surface area contributed by atoms with Crippen molar-refractivity contribution in [2.75, 3.05) is 17.8 Å². The zero-order valence-electron chi connectivity index (χ0n) is 17.0. The third-order valence-electron chi connectivity index (χ3n) is 5.58. The molecule has 0 bridgehead atoms. The van der Waals surface area contributed by atoms with Crippen LogP contribution >= 0.6 is 0 Å². The Kier molecular flexibility index (Phi) is 4.98. The Labute approximate surface area is 181 Å².